The SMILES string of the molecule is CC(Nc1ccccc1-c1cccs1)c1ccccc1Cl. The van der Waals surface area contributed by atoms with E-state index in [9.17, 15) is 0 Å². The molecule has 3 heteroatoms. The highest BCUT2D eigenvalue weighted by molar-refractivity contribution is 7.13. The van der Waals surface area contributed by atoms with Crippen molar-refractivity contribution in [1.82, 2.24) is 0 Å². The monoisotopic (exact) mass is 313 g/mol. The van der Waals surface area contributed by atoms with Crippen LogP contribution < -0.4 is 5.32 Å². The quantitative estimate of drug-likeness (QED) is 0.601. The molecule has 0 amide bonds. The van der Waals surface area contributed by atoms with Crippen LogP contribution in [0.4, 0.5) is 5.69 Å². The normalized spacial score (nSPS) is 12.1. The molecule has 0 saturated heterocycles. The summed E-state index contributed by atoms with van der Waals surface area (Å²) in [6, 6.07) is 20.7. The van der Waals surface area contributed by atoms with Crippen molar-refractivity contribution in [1.29, 1.82) is 0 Å². The Labute approximate surface area is 134 Å². The third kappa shape index (κ3) is 3.12. The second-order valence-corrected chi connectivity index (χ2v) is 6.27. The van der Waals surface area contributed by atoms with Crippen molar-refractivity contribution < 1.29 is 0 Å². The van der Waals surface area contributed by atoms with Gasteiger partial charge in [-0.25, -0.2) is 0 Å². The van der Waals surface area contributed by atoms with E-state index in [2.05, 4.69) is 60.1 Å². The van der Waals surface area contributed by atoms with E-state index in [0.717, 1.165) is 16.3 Å². The summed E-state index contributed by atoms with van der Waals surface area (Å²) in [6.07, 6.45) is 0. The van der Waals surface area contributed by atoms with Gasteiger partial charge >= 0.3 is 0 Å². The molecular formula is C18H16ClNS. The average Bonchev–Trinajstić information content (AvgIpc) is 3.02. The van der Waals surface area contributed by atoms with Gasteiger partial charge in [0.2, 0.25) is 0 Å². The minimum Gasteiger partial charge on any atom is -0.378 e. The lowest BCUT2D eigenvalue weighted by Crippen LogP contribution is -2.07. The highest BCUT2D eigenvalue weighted by Gasteiger charge is 2.12. The molecule has 0 aliphatic heterocycles. The fraction of sp³-hybridized carbons (Fsp3) is 0.111. The van der Waals surface area contributed by atoms with E-state index in [0.29, 0.717) is 0 Å². The summed E-state index contributed by atoms with van der Waals surface area (Å²) >= 11 is 8.04. The van der Waals surface area contributed by atoms with Crippen LogP contribution in [0.25, 0.3) is 10.4 Å². The molecular weight excluding hydrogens is 298 g/mol. The summed E-state index contributed by atoms with van der Waals surface area (Å²) in [6.45, 7) is 2.13. The van der Waals surface area contributed by atoms with Gasteiger partial charge < -0.3 is 5.32 Å². The van der Waals surface area contributed by atoms with Gasteiger partial charge in [0, 0.05) is 21.2 Å². The van der Waals surface area contributed by atoms with Crippen molar-refractivity contribution in [3.63, 3.8) is 0 Å². The number of nitrogens with one attached hydrogen (secondary N) is 1. The number of thiophene rings is 1. The van der Waals surface area contributed by atoms with Gasteiger partial charge in [-0.3, -0.25) is 0 Å². The molecule has 2 aromatic carbocycles. The van der Waals surface area contributed by atoms with Crippen LogP contribution in [-0.2, 0) is 0 Å². The molecule has 1 unspecified atom stereocenters. The molecule has 1 atom stereocenters. The largest absolute Gasteiger partial charge is 0.378 e. The molecule has 1 heterocycles. The predicted octanol–water partition coefficient (Wildman–Crippen LogP) is 6.24. The number of hydrogen-bond acceptors (Lipinski definition) is 2. The number of rotatable bonds is 4. The minimum atomic E-state index is 0.153. The summed E-state index contributed by atoms with van der Waals surface area (Å²) in [5.74, 6) is 0. The minimum absolute atomic E-state index is 0.153. The van der Waals surface area contributed by atoms with Gasteiger partial charge in [0.05, 0.1) is 6.04 Å². The Kier molecular flexibility index (Phi) is 4.28. The maximum Gasteiger partial charge on any atom is 0.0500 e. The van der Waals surface area contributed by atoms with Crippen LogP contribution in [0.15, 0.2) is 66.0 Å². The van der Waals surface area contributed by atoms with Crippen LogP contribution in [0.3, 0.4) is 0 Å². The van der Waals surface area contributed by atoms with E-state index < -0.39 is 0 Å². The van der Waals surface area contributed by atoms with E-state index in [4.69, 9.17) is 11.6 Å². The van der Waals surface area contributed by atoms with Gasteiger partial charge in [-0.2, -0.15) is 0 Å². The summed E-state index contributed by atoms with van der Waals surface area (Å²) in [5.41, 5.74) is 3.47. The van der Waals surface area contributed by atoms with Crippen molar-refractivity contribution in [2.24, 2.45) is 0 Å². The molecule has 0 bridgehead atoms. The number of benzene rings is 2. The molecule has 3 aromatic rings. The lowest BCUT2D eigenvalue weighted by Gasteiger charge is -2.19. The standard InChI is InChI=1S/C18H16ClNS/c1-13(14-7-2-4-9-16(14)19)20-17-10-5-3-8-15(17)18-11-6-12-21-18/h2-13,20H,1H3. The van der Waals surface area contributed by atoms with Gasteiger partial charge in [-0.1, -0.05) is 54.1 Å². The van der Waals surface area contributed by atoms with Gasteiger partial charge in [0.25, 0.3) is 0 Å². The Morgan fingerprint density at radius 1 is 0.952 bits per heavy atom. The number of anilines is 1. The molecule has 0 spiro atoms. The molecule has 1 nitrogen and oxygen atoms in total. The number of halogens is 1. The fourth-order valence-electron chi connectivity index (χ4n) is 2.39. The Hall–Kier alpha value is -1.77. The molecule has 3 rings (SSSR count). The zero-order chi connectivity index (χ0) is 14.7. The van der Waals surface area contributed by atoms with Crippen molar-refractivity contribution >= 4 is 28.6 Å². The molecule has 1 N–H and O–H groups in total. The Bertz CT molecular complexity index is 722. The van der Waals surface area contributed by atoms with Crippen LogP contribution in [0.2, 0.25) is 5.02 Å². The van der Waals surface area contributed by atoms with Crippen molar-refractivity contribution in [2.75, 3.05) is 5.32 Å². The lowest BCUT2D eigenvalue weighted by atomic mass is 10.1. The Balaban J connectivity index is 1.91. The number of hydrogen-bond donors (Lipinski definition) is 1. The maximum absolute atomic E-state index is 6.29. The molecule has 106 valence electrons. The first-order chi connectivity index (χ1) is 10.3. The molecule has 0 aliphatic carbocycles. The molecule has 0 aliphatic rings. The summed E-state index contributed by atoms with van der Waals surface area (Å²) in [5, 5.41) is 6.48. The Morgan fingerprint density at radius 3 is 2.48 bits per heavy atom. The fourth-order valence-corrected chi connectivity index (χ4v) is 3.46. The zero-order valence-corrected chi connectivity index (χ0v) is 13.3. The average molecular weight is 314 g/mol. The van der Waals surface area contributed by atoms with Gasteiger partial charge in [0.1, 0.15) is 0 Å². The van der Waals surface area contributed by atoms with E-state index in [-0.39, 0.29) is 6.04 Å². The summed E-state index contributed by atoms with van der Waals surface area (Å²) in [7, 11) is 0. The summed E-state index contributed by atoms with van der Waals surface area (Å²) in [4.78, 5) is 1.27. The first-order valence-electron chi connectivity index (χ1n) is 6.89. The zero-order valence-electron chi connectivity index (χ0n) is 11.7. The van der Waals surface area contributed by atoms with Crippen LogP contribution in [-0.4, -0.2) is 0 Å². The van der Waals surface area contributed by atoms with E-state index in [1.54, 1.807) is 11.3 Å². The van der Waals surface area contributed by atoms with E-state index >= 15 is 0 Å². The third-order valence-corrected chi connectivity index (χ3v) is 4.70. The highest BCUT2D eigenvalue weighted by Crippen LogP contribution is 2.34. The highest BCUT2D eigenvalue weighted by atomic mass is 35.5. The van der Waals surface area contributed by atoms with Gasteiger partial charge in [-0.15, -0.1) is 11.3 Å². The van der Waals surface area contributed by atoms with E-state index in [1.807, 2.05) is 18.2 Å². The van der Waals surface area contributed by atoms with E-state index in [1.165, 1.54) is 10.4 Å². The Morgan fingerprint density at radius 2 is 1.71 bits per heavy atom. The van der Waals surface area contributed by atoms with Crippen molar-refractivity contribution in [2.45, 2.75) is 13.0 Å². The van der Waals surface area contributed by atoms with Crippen LogP contribution in [0.1, 0.15) is 18.5 Å². The summed E-state index contributed by atoms with van der Waals surface area (Å²) < 4.78 is 0. The molecule has 0 saturated carbocycles. The van der Waals surface area contributed by atoms with Crippen LogP contribution in [0.5, 0.6) is 0 Å². The lowest BCUT2D eigenvalue weighted by molar-refractivity contribution is 0.886. The first kappa shape index (κ1) is 14.2. The number of para-hydroxylation sites is 1. The molecule has 1 aromatic heterocycles. The van der Waals surface area contributed by atoms with Crippen LogP contribution >= 0.6 is 22.9 Å². The second kappa shape index (κ2) is 6.33. The topological polar surface area (TPSA) is 12.0 Å². The van der Waals surface area contributed by atoms with Gasteiger partial charge in [-0.05, 0) is 36.1 Å². The van der Waals surface area contributed by atoms with Crippen molar-refractivity contribution in [3.05, 3.63) is 76.6 Å². The van der Waals surface area contributed by atoms with Gasteiger partial charge in [0.15, 0.2) is 0 Å². The maximum atomic E-state index is 6.29. The van der Waals surface area contributed by atoms with Crippen LogP contribution in [0, 0.1) is 0 Å². The first-order valence-corrected chi connectivity index (χ1v) is 8.15. The molecule has 0 fully saturated rings. The smallest absolute Gasteiger partial charge is 0.0500 e. The third-order valence-electron chi connectivity index (χ3n) is 3.46. The second-order valence-electron chi connectivity index (χ2n) is 4.91. The molecule has 0 radical (unpaired) electrons. The predicted molar refractivity (Wildman–Crippen MR) is 93.2 cm³/mol. The molecule has 21 heavy (non-hydrogen) atoms. The van der Waals surface area contributed by atoms with Crippen molar-refractivity contribution in [3.8, 4) is 10.4 Å².